The molecule has 0 N–H and O–H groups in total. The first-order valence-corrected chi connectivity index (χ1v) is 8.31. The second-order valence-electron chi connectivity index (χ2n) is 4.82. The quantitative estimate of drug-likeness (QED) is 0.620. The largest absolute Gasteiger partial charge is 0.127 e. The van der Waals surface area contributed by atoms with Crippen molar-refractivity contribution in [2.45, 2.75) is 24.1 Å². The molecular weight excluding hydrogens is 328 g/mol. The van der Waals surface area contributed by atoms with Gasteiger partial charge in [0.1, 0.15) is 0 Å². The van der Waals surface area contributed by atoms with Crippen molar-refractivity contribution in [3.8, 4) is 0 Å². The van der Waals surface area contributed by atoms with Crippen LogP contribution in [0.3, 0.4) is 0 Å². The second-order valence-corrected chi connectivity index (χ2v) is 7.55. The molecule has 1 aliphatic rings. The molecule has 94 valence electrons. The highest BCUT2D eigenvalue weighted by Crippen LogP contribution is 2.42. The summed E-state index contributed by atoms with van der Waals surface area (Å²) in [5.74, 6) is 0.676. The highest BCUT2D eigenvalue weighted by Gasteiger charge is 2.26. The van der Waals surface area contributed by atoms with Crippen molar-refractivity contribution in [3.63, 3.8) is 0 Å². The van der Waals surface area contributed by atoms with Crippen molar-refractivity contribution in [1.29, 1.82) is 0 Å². The molecular formula is C15H14BrClS. The SMILES string of the molecule is Clc1ccc(C(Br)C2CCc3ccccc3C2)s1. The summed E-state index contributed by atoms with van der Waals surface area (Å²) in [6.45, 7) is 0. The van der Waals surface area contributed by atoms with Crippen molar-refractivity contribution in [1.82, 2.24) is 0 Å². The van der Waals surface area contributed by atoms with E-state index in [1.807, 2.05) is 6.07 Å². The minimum absolute atomic E-state index is 0.434. The third-order valence-electron chi connectivity index (χ3n) is 3.66. The molecule has 1 aliphatic carbocycles. The lowest BCUT2D eigenvalue weighted by atomic mass is 9.82. The number of rotatable bonds is 2. The first-order chi connectivity index (χ1) is 8.74. The van der Waals surface area contributed by atoms with E-state index in [2.05, 4.69) is 46.3 Å². The van der Waals surface area contributed by atoms with Gasteiger partial charge in [-0.05, 0) is 48.4 Å². The summed E-state index contributed by atoms with van der Waals surface area (Å²) in [5, 5.41) is 0. The van der Waals surface area contributed by atoms with Gasteiger partial charge in [-0.2, -0.15) is 0 Å². The number of hydrogen-bond acceptors (Lipinski definition) is 1. The van der Waals surface area contributed by atoms with Crippen LogP contribution in [0, 0.1) is 5.92 Å². The fraction of sp³-hybridized carbons (Fsp3) is 0.333. The van der Waals surface area contributed by atoms with Crippen LogP contribution in [0.5, 0.6) is 0 Å². The number of hydrogen-bond donors (Lipinski definition) is 0. The van der Waals surface area contributed by atoms with Gasteiger partial charge in [-0.25, -0.2) is 0 Å². The van der Waals surface area contributed by atoms with Crippen LogP contribution in [0.25, 0.3) is 0 Å². The van der Waals surface area contributed by atoms with Crippen molar-refractivity contribution in [2.24, 2.45) is 5.92 Å². The molecule has 1 aromatic heterocycles. The predicted molar refractivity (Wildman–Crippen MR) is 83.0 cm³/mol. The summed E-state index contributed by atoms with van der Waals surface area (Å²) in [6, 6.07) is 13.0. The van der Waals surface area contributed by atoms with E-state index in [1.54, 1.807) is 11.3 Å². The number of alkyl halides is 1. The van der Waals surface area contributed by atoms with E-state index in [4.69, 9.17) is 11.6 Å². The number of fused-ring (bicyclic) bond motifs is 1. The van der Waals surface area contributed by atoms with Gasteiger partial charge in [0, 0.05) is 4.88 Å². The minimum Gasteiger partial charge on any atom is -0.127 e. The van der Waals surface area contributed by atoms with Crippen LogP contribution in [0.4, 0.5) is 0 Å². The summed E-state index contributed by atoms with van der Waals surface area (Å²) in [4.78, 5) is 1.78. The zero-order valence-corrected chi connectivity index (χ0v) is 13.1. The average molecular weight is 342 g/mol. The van der Waals surface area contributed by atoms with Gasteiger partial charge in [0.2, 0.25) is 0 Å². The maximum Gasteiger partial charge on any atom is 0.0931 e. The Morgan fingerprint density at radius 1 is 1.17 bits per heavy atom. The Morgan fingerprint density at radius 3 is 2.67 bits per heavy atom. The standard InChI is InChI=1S/C15H14BrClS/c16-15(13-7-8-14(17)18-13)12-6-5-10-3-1-2-4-11(10)9-12/h1-4,7-8,12,15H,5-6,9H2. The summed E-state index contributed by atoms with van der Waals surface area (Å²) in [7, 11) is 0. The van der Waals surface area contributed by atoms with Crippen molar-refractivity contribution in [2.75, 3.05) is 0 Å². The number of aryl methyl sites for hydroxylation is 1. The van der Waals surface area contributed by atoms with E-state index in [0.717, 1.165) is 4.34 Å². The highest BCUT2D eigenvalue weighted by molar-refractivity contribution is 9.09. The Balaban J connectivity index is 1.79. The van der Waals surface area contributed by atoms with E-state index in [1.165, 1.54) is 35.3 Å². The lowest BCUT2D eigenvalue weighted by Gasteiger charge is -2.27. The summed E-state index contributed by atoms with van der Waals surface area (Å²) >= 11 is 11.6. The number of benzene rings is 1. The minimum atomic E-state index is 0.434. The summed E-state index contributed by atoms with van der Waals surface area (Å²) < 4.78 is 0.880. The van der Waals surface area contributed by atoms with Crippen LogP contribution >= 0.6 is 38.9 Å². The van der Waals surface area contributed by atoms with Crippen LogP contribution in [0.2, 0.25) is 4.34 Å². The maximum atomic E-state index is 6.02. The van der Waals surface area contributed by atoms with Crippen molar-refractivity contribution in [3.05, 3.63) is 56.7 Å². The Labute approximate surface area is 125 Å². The third-order valence-corrected chi connectivity index (χ3v) is 6.52. The first kappa shape index (κ1) is 12.7. The van der Waals surface area contributed by atoms with Gasteiger partial charge in [0.25, 0.3) is 0 Å². The van der Waals surface area contributed by atoms with Crippen LogP contribution in [0.1, 0.15) is 27.3 Å². The molecule has 18 heavy (non-hydrogen) atoms. The molecule has 1 aromatic carbocycles. The molecule has 1 heterocycles. The Morgan fingerprint density at radius 2 is 1.94 bits per heavy atom. The molecule has 2 atom stereocenters. The molecule has 0 saturated heterocycles. The zero-order chi connectivity index (χ0) is 12.5. The monoisotopic (exact) mass is 340 g/mol. The summed E-state index contributed by atoms with van der Waals surface area (Å²) in [6.07, 6.45) is 3.62. The van der Waals surface area contributed by atoms with Gasteiger partial charge in [-0.1, -0.05) is 51.8 Å². The van der Waals surface area contributed by atoms with E-state index in [-0.39, 0.29) is 0 Å². The number of thiophene rings is 1. The first-order valence-electron chi connectivity index (χ1n) is 6.20. The predicted octanol–water partition coefficient (Wildman–Crippen LogP) is 5.64. The van der Waals surface area contributed by atoms with Gasteiger partial charge in [0.15, 0.2) is 0 Å². The van der Waals surface area contributed by atoms with E-state index in [0.29, 0.717) is 10.7 Å². The van der Waals surface area contributed by atoms with Gasteiger partial charge >= 0.3 is 0 Å². The van der Waals surface area contributed by atoms with Crippen LogP contribution in [0.15, 0.2) is 36.4 Å². The maximum absolute atomic E-state index is 6.02. The molecule has 0 saturated carbocycles. The Kier molecular flexibility index (Phi) is 3.78. The average Bonchev–Trinajstić information content (AvgIpc) is 2.84. The highest BCUT2D eigenvalue weighted by atomic mass is 79.9. The molecule has 0 aliphatic heterocycles. The fourth-order valence-corrected chi connectivity index (χ4v) is 4.70. The molecule has 3 heteroatoms. The molecule has 3 rings (SSSR count). The third kappa shape index (κ3) is 2.52. The van der Waals surface area contributed by atoms with Crippen molar-refractivity contribution >= 4 is 38.9 Å². The van der Waals surface area contributed by atoms with E-state index < -0.39 is 0 Å². The van der Waals surface area contributed by atoms with Crippen molar-refractivity contribution < 1.29 is 0 Å². The molecule has 0 amide bonds. The fourth-order valence-electron chi connectivity index (χ4n) is 2.68. The van der Waals surface area contributed by atoms with E-state index in [9.17, 15) is 0 Å². The molecule has 0 radical (unpaired) electrons. The number of halogens is 2. The zero-order valence-electron chi connectivity index (χ0n) is 9.90. The molecule has 0 bridgehead atoms. The molecule has 0 fully saturated rings. The lowest BCUT2D eigenvalue weighted by molar-refractivity contribution is 0.456. The van der Waals surface area contributed by atoms with Gasteiger partial charge in [-0.3, -0.25) is 0 Å². The normalized spacial score (nSPS) is 20.4. The van der Waals surface area contributed by atoms with Crippen LogP contribution < -0.4 is 0 Å². The topological polar surface area (TPSA) is 0 Å². The molecule has 2 aromatic rings. The molecule has 0 nitrogen and oxygen atoms in total. The second kappa shape index (κ2) is 5.36. The molecule has 2 unspecified atom stereocenters. The van der Waals surface area contributed by atoms with Crippen LogP contribution in [-0.4, -0.2) is 0 Å². The summed E-state index contributed by atoms with van der Waals surface area (Å²) in [5.41, 5.74) is 3.04. The Hall–Kier alpha value is -0.310. The van der Waals surface area contributed by atoms with Gasteiger partial charge in [-0.15, -0.1) is 11.3 Å². The smallest absolute Gasteiger partial charge is 0.0931 e. The van der Waals surface area contributed by atoms with Crippen LogP contribution in [-0.2, 0) is 12.8 Å². The molecule has 0 spiro atoms. The lowest BCUT2D eigenvalue weighted by Crippen LogP contribution is -2.17. The van der Waals surface area contributed by atoms with Gasteiger partial charge < -0.3 is 0 Å². The Bertz CT molecular complexity index is 549. The van der Waals surface area contributed by atoms with Gasteiger partial charge in [0.05, 0.1) is 9.16 Å². The van der Waals surface area contributed by atoms with E-state index >= 15 is 0 Å².